The van der Waals surface area contributed by atoms with E-state index < -0.39 is 0 Å². The fraction of sp³-hybridized carbons (Fsp3) is 0.471. The van der Waals surface area contributed by atoms with Crippen LogP contribution in [0, 0.1) is 11.3 Å². The van der Waals surface area contributed by atoms with Gasteiger partial charge in [0.25, 0.3) is 0 Å². The molecular weight excluding hydrogens is 294 g/mol. The first kappa shape index (κ1) is 17.0. The summed E-state index contributed by atoms with van der Waals surface area (Å²) in [6.07, 6.45) is 2.36. The van der Waals surface area contributed by atoms with Gasteiger partial charge in [-0.15, -0.1) is 0 Å². The molecule has 0 radical (unpaired) electrons. The molecule has 2 rings (SSSR count). The van der Waals surface area contributed by atoms with E-state index >= 15 is 0 Å². The van der Waals surface area contributed by atoms with Crippen LogP contribution in [0.1, 0.15) is 31.7 Å². The Kier molecular flexibility index (Phi) is 6.12. The third kappa shape index (κ3) is 5.08. The molecule has 1 aromatic carbocycles. The van der Waals surface area contributed by atoms with Gasteiger partial charge in [-0.1, -0.05) is 0 Å². The number of nitrogens with one attached hydrogen (secondary N) is 1. The van der Waals surface area contributed by atoms with Crippen LogP contribution >= 0.6 is 0 Å². The first-order valence-corrected chi connectivity index (χ1v) is 7.76. The molecule has 23 heavy (non-hydrogen) atoms. The fourth-order valence-corrected chi connectivity index (χ4v) is 2.52. The molecule has 2 amide bonds. The fourth-order valence-electron chi connectivity index (χ4n) is 2.52. The van der Waals surface area contributed by atoms with Gasteiger partial charge in [-0.05, 0) is 37.1 Å². The normalized spacial score (nSPS) is 16.6. The Labute approximate surface area is 136 Å². The number of nitriles is 1. The van der Waals surface area contributed by atoms with E-state index in [-0.39, 0.29) is 24.3 Å². The molecule has 1 aliphatic rings. The molecule has 1 fully saturated rings. The van der Waals surface area contributed by atoms with Gasteiger partial charge in [0, 0.05) is 38.7 Å². The summed E-state index contributed by atoms with van der Waals surface area (Å²) in [6.45, 7) is 3.05. The molecule has 1 N–H and O–H groups in total. The molecule has 6 nitrogen and oxygen atoms in total. The van der Waals surface area contributed by atoms with Crippen molar-refractivity contribution >= 4 is 17.5 Å². The van der Waals surface area contributed by atoms with Crippen LogP contribution in [-0.4, -0.2) is 37.6 Å². The SMILES string of the molecule is CC(=O)N(CCC(=O)NCC1CCCO1)c1ccc(C#N)cc1. The molecule has 6 heteroatoms. The molecular formula is C17H21N3O3. The predicted octanol–water partition coefficient (Wildman–Crippen LogP) is 1.60. The second-order valence-corrected chi connectivity index (χ2v) is 5.52. The molecule has 0 spiro atoms. The lowest BCUT2D eigenvalue weighted by molar-refractivity contribution is -0.121. The van der Waals surface area contributed by atoms with E-state index in [0.29, 0.717) is 24.3 Å². The van der Waals surface area contributed by atoms with E-state index in [0.717, 1.165) is 19.4 Å². The van der Waals surface area contributed by atoms with E-state index in [2.05, 4.69) is 5.32 Å². The van der Waals surface area contributed by atoms with Crippen molar-refractivity contribution < 1.29 is 14.3 Å². The van der Waals surface area contributed by atoms with E-state index in [9.17, 15) is 9.59 Å². The molecule has 0 saturated carbocycles. The Hall–Kier alpha value is -2.39. The maximum Gasteiger partial charge on any atom is 0.223 e. The van der Waals surface area contributed by atoms with Gasteiger partial charge in [0.2, 0.25) is 11.8 Å². The summed E-state index contributed by atoms with van der Waals surface area (Å²) in [7, 11) is 0. The molecule has 1 unspecified atom stereocenters. The molecule has 0 aliphatic carbocycles. The molecule has 0 aromatic heterocycles. The quantitative estimate of drug-likeness (QED) is 0.864. The van der Waals surface area contributed by atoms with Crippen LogP contribution in [0.3, 0.4) is 0 Å². The number of hydrogen-bond acceptors (Lipinski definition) is 4. The van der Waals surface area contributed by atoms with Crippen LogP contribution < -0.4 is 10.2 Å². The lowest BCUT2D eigenvalue weighted by Gasteiger charge is -2.21. The van der Waals surface area contributed by atoms with E-state index in [1.807, 2.05) is 6.07 Å². The summed E-state index contributed by atoms with van der Waals surface area (Å²) < 4.78 is 5.45. The average molecular weight is 315 g/mol. The van der Waals surface area contributed by atoms with Crippen LogP contribution in [0.5, 0.6) is 0 Å². The largest absolute Gasteiger partial charge is 0.376 e. The Balaban J connectivity index is 1.85. The van der Waals surface area contributed by atoms with Crippen molar-refractivity contribution in [2.24, 2.45) is 0 Å². The highest BCUT2D eigenvalue weighted by Gasteiger charge is 2.17. The van der Waals surface area contributed by atoms with Crippen molar-refractivity contribution in [2.75, 3.05) is 24.6 Å². The van der Waals surface area contributed by atoms with Gasteiger partial charge in [-0.3, -0.25) is 9.59 Å². The third-order valence-corrected chi connectivity index (χ3v) is 3.80. The van der Waals surface area contributed by atoms with Crippen LogP contribution in [0.2, 0.25) is 0 Å². The zero-order chi connectivity index (χ0) is 16.7. The van der Waals surface area contributed by atoms with Crippen LogP contribution in [0.15, 0.2) is 24.3 Å². The summed E-state index contributed by atoms with van der Waals surface area (Å²) in [5.74, 6) is -0.234. The summed E-state index contributed by atoms with van der Waals surface area (Å²) in [6, 6.07) is 8.77. The zero-order valence-corrected chi connectivity index (χ0v) is 13.2. The number of rotatable bonds is 6. The zero-order valence-electron chi connectivity index (χ0n) is 13.2. The molecule has 1 saturated heterocycles. The highest BCUT2D eigenvalue weighted by molar-refractivity contribution is 5.92. The van der Waals surface area contributed by atoms with E-state index in [1.54, 1.807) is 24.3 Å². The second kappa shape index (κ2) is 8.30. The summed E-state index contributed by atoms with van der Waals surface area (Å²) >= 11 is 0. The number of nitrogens with zero attached hydrogens (tertiary/aromatic N) is 2. The minimum atomic E-state index is -0.137. The Bertz CT molecular complexity index is 586. The molecule has 1 aliphatic heterocycles. The third-order valence-electron chi connectivity index (χ3n) is 3.80. The van der Waals surface area contributed by atoms with Gasteiger partial charge < -0.3 is 15.0 Å². The first-order valence-electron chi connectivity index (χ1n) is 7.76. The maximum atomic E-state index is 11.9. The number of amides is 2. The monoisotopic (exact) mass is 315 g/mol. The lowest BCUT2D eigenvalue weighted by atomic mass is 10.2. The minimum Gasteiger partial charge on any atom is -0.376 e. The number of ether oxygens (including phenoxy) is 1. The van der Waals surface area contributed by atoms with Gasteiger partial charge in [0.1, 0.15) is 0 Å². The number of carbonyl (C=O) groups is 2. The molecule has 122 valence electrons. The standard InChI is InChI=1S/C17H21N3O3/c1-13(21)20(15-6-4-14(11-18)5-7-15)9-8-17(22)19-12-16-3-2-10-23-16/h4-7,16H,2-3,8-10,12H2,1H3,(H,19,22). The number of anilines is 1. The summed E-state index contributed by atoms with van der Waals surface area (Å²) in [5.41, 5.74) is 1.22. The minimum absolute atomic E-state index is 0.0969. The Morgan fingerprint density at radius 1 is 1.39 bits per heavy atom. The van der Waals surface area contributed by atoms with Gasteiger partial charge in [0.05, 0.1) is 17.7 Å². The molecule has 0 bridgehead atoms. The highest BCUT2D eigenvalue weighted by atomic mass is 16.5. The number of hydrogen-bond donors (Lipinski definition) is 1. The molecule has 1 atom stereocenters. The van der Waals surface area contributed by atoms with Gasteiger partial charge >= 0.3 is 0 Å². The van der Waals surface area contributed by atoms with Crippen molar-refractivity contribution in [3.63, 3.8) is 0 Å². The van der Waals surface area contributed by atoms with Crippen LogP contribution in [-0.2, 0) is 14.3 Å². The van der Waals surface area contributed by atoms with E-state index in [1.165, 1.54) is 11.8 Å². The Morgan fingerprint density at radius 2 is 2.13 bits per heavy atom. The predicted molar refractivity (Wildman–Crippen MR) is 85.8 cm³/mol. The topological polar surface area (TPSA) is 82.4 Å². The Morgan fingerprint density at radius 3 is 2.70 bits per heavy atom. The molecule has 1 heterocycles. The van der Waals surface area contributed by atoms with Crippen molar-refractivity contribution in [1.29, 1.82) is 5.26 Å². The van der Waals surface area contributed by atoms with Gasteiger partial charge in [0.15, 0.2) is 0 Å². The summed E-state index contributed by atoms with van der Waals surface area (Å²) in [5, 5.41) is 11.7. The highest BCUT2D eigenvalue weighted by Crippen LogP contribution is 2.16. The average Bonchev–Trinajstić information content (AvgIpc) is 3.07. The van der Waals surface area contributed by atoms with E-state index in [4.69, 9.17) is 10.00 Å². The summed E-state index contributed by atoms with van der Waals surface area (Å²) in [4.78, 5) is 25.2. The van der Waals surface area contributed by atoms with Gasteiger partial charge in [-0.2, -0.15) is 5.26 Å². The maximum absolute atomic E-state index is 11.9. The van der Waals surface area contributed by atoms with Crippen molar-refractivity contribution in [3.05, 3.63) is 29.8 Å². The van der Waals surface area contributed by atoms with Crippen molar-refractivity contribution in [1.82, 2.24) is 5.32 Å². The first-order chi connectivity index (χ1) is 11.1. The van der Waals surface area contributed by atoms with Crippen LogP contribution in [0.4, 0.5) is 5.69 Å². The number of benzene rings is 1. The van der Waals surface area contributed by atoms with Crippen molar-refractivity contribution in [2.45, 2.75) is 32.3 Å². The second-order valence-electron chi connectivity index (χ2n) is 5.52. The lowest BCUT2D eigenvalue weighted by Crippen LogP contribution is -2.36. The molecule has 1 aromatic rings. The smallest absolute Gasteiger partial charge is 0.223 e. The van der Waals surface area contributed by atoms with Gasteiger partial charge in [-0.25, -0.2) is 0 Å². The van der Waals surface area contributed by atoms with Crippen molar-refractivity contribution in [3.8, 4) is 6.07 Å². The van der Waals surface area contributed by atoms with Crippen LogP contribution in [0.25, 0.3) is 0 Å². The number of carbonyl (C=O) groups excluding carboxylic acids is 2.